The van der Waals surface area contributed by atoms with Crippen LogP contribution in [-0.2, 0) is 16.1 Å². The molecule has 2 aromatic rings. The van der Waals surface area contributed by atoms with Gasteiger partial charge in [-0.25, -0.2) is 4.98 Å². The van der Waals surface area contributed by atoms with Crippen molar-refractivity contribution < 1.29 is 9.59 Å². The van der Waals surface area contributed by atoms with Gasteiger partial charge in [0, 0.05) is 6.04 Å². The Balaban J connectivity index is 1.75. The molecule has 1 aliphatic rings. The number of benzene rings is 1. The van der Waals surface area contributed by atoms with E-state index in [1.807, 2.05) is 47.9 Å². The summed E-state index contributed by atoms with van der Waals surface area (Å²) in [5, 5.41) is 2.94. The number of amides is 2. The maximum absolute atomic E-state index is 12.4. The Kier molecular flexibility index (Phi) is 4.14. The van der Waals surface area contributed by atoms with Crippen LogP contribution in [0.1, 0.15) is 18.7 Å². The second-order valence-electron chi connectivity index (χ2n) is 5.86. The monoisotopic (exact) mass is 312 g/mol. The number of aryl methyl sites for hydroxylation is 1. The summed E-state index contributed by atoms with van der Waals surface area (Å²) in [6.07, 6.45) is 5.12. The molecule has 2 atom stereocenters. The van der Waals surface area contributed by atoms with Crippen molar-refractivity contribution in [1.29, 1.82) is 0 Å². The lowest BCUT2D eigenvalue weighted by molar-refractivity contribution is -0.125. The third kappa shape index (κ3) is 3.11. The Morgan fingerprint density at radius 1 is 1.30 bits per heavy atom. The molecule has 2 amide bonds. The lowest BCUT2D eigenvalue weighted by Crippen LogP contribution is -2.47. The molecule has 0 bridgehead atoms. The number of carbonyl (C=O) groups is 2. The maximum Gasteiger partial charge on any atom is 0.240 e. The van der Waals surface area contributed by atoms with E-state index in [0.29, 0.717) is 12.8 Å². The third-order valence-electron chi connectivity index (χ3n) is 4.29. The Labute approximate surface area is 134 Å². The van der Waals surface area contributed by atoms with Crippen molar-refractivity contribution in [2.24, 2.45) is 11.7 Å². The first kappa shape index (κ1) is 15.3. The minimum Gasteiger partial charge on any atom is -0.369 e. The molecule has 0 saturated carbocycles. The van der Waals surface area contributed by atoms with Crippen LogP contribution >= 0.6 is 0 Å². The fourth-order valence-corrected chi connectivity index (χ4v) is 3.08. The van der Waals surface area contributed by atoms with E-state index in [9.17, 15) is 9.59 Å². The highest BCUT2D eigenvalue weighted by atomic mass is 16.2. The van der Waals surface area contributed by atoms with Crippen LogP contribution in [0.2, 0.25) is 0 Å². The molecular weight excluding hydrogens is 292 g/mol. The molecule has 23 heavy (non-hydrogen) atoms. The van der Waals surface area contributed by atoms with Gasteiger partial charge in [-0.1, -0.05) is 24.3 Å². The molecule has 1 aromatic heterocycles. The van der Waals surface area contributed by atoms with Crippen LogP contribution < -0.4 is 11.1 Å². The van der Waals surface area contributed by atoms with Crippen molar-refractivity contribution >= 4 is 22.8 Å². The quantitative estimate of drug-likeness (QED) is 0.833. The number of imidazole rings is 1. The van der Waals surface area contributed by atoms with Crippen molar-refractivity contribution in [3.8, 4) is 0 Å². The lowest BCUT2D eigenvalue weighted by atomic mass is 9.88. The number of allylic oxidation sites excluding steroid dienone is 1. The van der Waals surface area contributed by atoms with Crippen molar-refractivity contribution in [3.63, 3.8) is 0 Å². The van der Waals surface area contributed by atoms with Crippen molar-refractivity contribution in [1.82, 2.24) is 14.9 Å². The van der Waals surface area contributed by atoms with Gasteiger partial charge in [0.15, 0.2) is 0 Å². The average molecular weight is 312 g/mol. The fourth-order valence-electron chi connectivity index (χ4n) is 3.08. The molecule has 0 spiro atoms. The Morgan fingerprint density at radius 2 is 2.04 bits per heavy atom. The maximum atomic E-state index is 12.4. The fraction of sp³-hybridized carbons (Fsp3) is 0.353. The first-order valence-corrected chi connectivity index (χ1v) is 7.72. The first-order valence-electron chi connectivity index (χ1n) is 7.72. The number of nitrogens with zero attached hydrogens (tertiary/aromatic N) is 2. The second-order valence-corrected chi connectivity index (χ2v) is 5.86. The van der Waals surface area contributed by atoms with Crippen molar-refractivity contribution in [3.05, 3.63) is 42.2 Å². The molecular formula is C17H20N4O2. The van der Waals surface area contributed by atoms with Gasteiger partial charge in [-0.15, -0.1) is 0 Å². The predicted molar refractivity (Wildman–Crippen MR) is 87.5 cm³/mol. The van der Waals surface area contributed by atoms with Gasteiger partial charge >= 0.3 is 0 Å². The minimum absolute atomic E-state index is 0.136. The van der Waals surface area contributed by atoms with Gasteiger partial charge in [-0.2, -0.15) is 0 Å². The molecule has 0 aliphatic heterocycles. The highest BCUT2D eigenvalue weighted by Gasteiger charge is 2.28. The summed E-state index contributed by atoms with van der Waals surface area (Å²) < 4.78 is 1.88. The van der Waals surface area contributed by atoms with E-state index in [1.165, 1.54) is 0 Å². The SMILES string of the molecule is Cc1nc2ccccc2n1CC(=O)N[C@@H]1CC=CC[C@H]1C(N)=O. The van der Waals surface area contributed by atoms with Gasteiger partial charge < -0.3 is 15.6 Å². The van der Waals surface area contributed by atoms with E-state index in [4.69, 9.17) is 5.73 Å². The van der Waals surface area contributed by atoms with Gasteiger partial charge in [-0.05, 0) is 31.9 Å². The summed E-state index contributed by atoms with van der Waals surface area (Å²) in [5.74, 6) is -0.0624. The molecule has 1 aromatic carbocycles. The highest BCUT2D eigenvalue weighted by Crippen LogP contribution is 2.19. The standard InChI is InChI=1S/C17H20N4O2/c1-11-19-14-8-4-5-9-15(14)21(11)10-16(22)20-13-7-3-2-6-12(13)17(18)23/h2-5,8-9,12-13H,6-7,10H2,1H3,(H2,18,23)(H,20,22)/t12-,13-/m1/s1. The molecule has 120 valence electrons. The summed E-state index contributed by atoms with van der Waals surface area (Å²) in [6.45, 7) is 2.06. The van der Waals surface area contributed by atoms with E-state index in [2.05, 4.69) is 10.3 Å². The second kappa shape index (κ2) is 6.24. The molecule has 0 saturated heterocycles. The van der Waals surface area contributed by atoms with Crippen LogP contribution in [0.4, 0.5) is 0 Å². The number of nitrogens with two attached hydrogens (primary N) is 1. The number of primary amides is 1. The van der Waals surface area contributed by atoms with Gasteiger partial charge in [0.05, 0.1) is 17.0 Å². The third-order valence-corrected chi connectivity index (χ3v) is 4.29. The number of hydrogen-bond donors (Lipinski definition) is 2. The van der Waals surface area contributed by atoms with Gasteiger partial charge in [0.25, 0.3) is 0 Å². The summed E-state index contributed by atoms with van der Waals surface area (Å²) in [4.78, 5) is 28.4. The molecule has 0 fully saturated rings. The summed E-state index contributed by atoms with van der Waals surface area (Å²) >= 11 is 0. The van der Waals surface area contributed by atoms with Gasteiger partial charge in [-0.3, -0.25) is 9.59 Å². The van der Waals surface area contributed by atoms with Crippen LogP contribution in [-0.4, -0.2) is 27.4 Å². The minimum atomic E-state index is -0.371. The van der Waals surface area contributed by atoms with E-state index >= 15 is 0 Å². The summed E-state index contributed by atoms with van der Waals surface area (Å²) in [7, 11) is 0. The van der Waals surface area contributed by atoms with Crippen LogP contribution in [0.3, 0.4) is 0 Å². The Bertz CT molecular complexity index is 778. The Hall–Kier alpha value is -2.63. The van der Waals surface area contributed by atoms with Crippen LogP contribution in [0.5, 0.6) is 0 Å². The number of rotatable bonds is 4. The van der Waals surface area contributed by atoms with E-state index in [1.54, 1.807) is 0 Å². The molecule has 1 heterocycles. The van der Waals surface area contributed by atoms with Crippen LogP contribution in [0.15, 0.2) is 36.4 Å². The largest absolute Gasteiger partial charge is 0.369 e. The van der Waals surface area contributed by atoms with E-state index in [-0.39, 0.29) is 30.3 Å². The molecule has 1 aliphatic carbocycles. The van der Waals surface area contributed by atoms with Crippen molar-refractivity contribution in [2.75, 3.05) is 0 Å². The number of nitrogens with one attached hydrogen (secondary N) is 1. The number of hydrogen-bond acceptors (Lipinski definition) is 3. The molecule has 0 radical (unpaired) electrons. The number of aromatic nitrogens is 2. The highest BCUT2D eigenvalue weighted by molar-refractivity contribution is 5.83. The molecule has 6 nitrogen and oxygen atoms in total. The molecule has 3 rings (SSSR count). The molecule has 0 unspecified atom stereocenters. The van der Waals surface area contributed by atoms with Gasteiger partial charge in [0.2, 0.25) is 11.8 Å². The molecule has 6 heteroatoms. The Morgan fingerprint density at radius 3 is 2.83 bits per heavy atom. The van der Waals surface area contributed by atoms with Gasteiger partial charge in [0.1, 0.15) is 12.4 Å². The van der Waals surface area contributed by atoms with Crippen LogP contribution in [0, 0.1) is 12.8 Å². The normalized spacial score (nSPS) is 20.6. The predicted octanol–water partition coefficient (Wildman–Crippen LogP) is 1.28. The van der Waals surface area contributed by atoms with E-state index < -0.39 is 0 Å². The zero-order chi connectivity index (χ0) is 16.4. The smallest absolute Gasteiger partial charge is 0.240 e. The van der Waals surface area contributed by atoms with E-state index in [0.717, 1.165) is 16.9 Å². The molecule has 3 N–H and O–H groups in total. The number of para-hydroxylation sites is 2. The topological polar surface area (TPSA) is 90.0 Å². The first-order chi connectivity index (χ1) is 11.1. The average Bonchev–Trinajstić information content (AvgIpc) is 2.83. The van der Waals surface area contributed by atoms with Crippen LogP contribution in [0.25, 0.3) is 11.0 Å². The summed E-state index contributed by atoms with van der Waals surface area (Å²) in [5.41, 5.74) is 7.22. The van der Waals surface area contributed by atoms with Crippen molar-refractivity contribution in [2.45, 2.75) is 32.4 Å². The summed E-state index contributed by atoms with van der Waals surface area (Å²) in [6, 6.07) is 7.47. The number of fused-ring (bicyclic) bond motifs is 1. The zero-order valence-electron chi connectivity index (χ0n) is 13.0. The lowest BCUT2D eigenvalue weighted by Gasteiger charge is -2.27. The number of carbonyl (C=O) groups excluding carboxylic acids is 2. The zero-order valence-corrected chi connectivity index (χ0v) is 13.0.